The average Bonchev–Trinajstić information content (AvgIpc) is 2.77. The molecule has 0 spiro atoms. The van der Waals surface area contributed by atoms with E-state index in [1.54, 1.807) is 6.20 Å². The third-order valence-corrected chi connectivity index (χ3v) is 2.87. The zero-order valence-corrected chi connectivity index (χ0v) is 9.20. The highest BCUT2D eigenvalue weighted by molar-refractivity contribution is 5.32. The summed E-state index contributed by atoms with van der Waals surface area (Å²) in [6, 6.07) is 0. The number of anilines is 1. The molecule has 0 amide bonds. The lowest BCUT2D eigenvalue weighted by atomic mass is 10.0. The van der Waals surface area contributed by atoms with Crippen molar-refractivity contribution in [3.63, 3.8) is 0 Å². The van der Waals surface area contributed by atoms with Crippen LogP contribution in [0.1, 0.15) is 0 Å². The summed E-state index contributed by atoms with van der Waals surface area (Å²) in [4.78, 5) is 14.0. The largest absolute Gasteiger partial charge is 0.340 e. The Balaban J connectivity index is 1.56. The van der Waals surface area contributed by atoms with E-state index in [1.165, 1.54) is 12.4 Å². The topological polar surface area (TPSA) is 46.8 Å². The van der Waals surface area contributed by atoms with Gasteiger partial charge in [0, 0.05) is 37.9 Å². The molecule has 0 unspecified atom stereocenters. The number of aromatic nitrogens is 4. The van der Waals surface area contributed by atoms with E-state index in [1.807, 2.05) is 17.4 Å². The van der Waals surface area contributed by atoms with Crippen molar-refractivity contribution in [1.82, 2.24) is 19.5 Å². The molecular weight excluding hydrogens is 221 g/mol. The highest BCUT2D eigenvalue weighted by Gasteiger charge is 2.28. The smallest absolute Gasteiger partial charge is 0.225 e. The summed E-state index contributed by atoms with van der Waals surface area (Å²) in [7, 11) is 0. The summed E-state index contributed by atoms with van der Waals surface area (Å²) < 4.78 is 14.7. The van der Waals surface area contributed by atoms with E-state index in [-0.39, 0.29) is 0 Å². The van der Waals surface area contributed by atoms with Gasteiger partial charge in [-0.1, -0.05) is 0 Å². The molecule has 88 valence electrons. The minimum Gasteiger partial charge on any atom is -0.340 e. The number of hydrogen-bond donors (Lipinski definition) is 0. The molecule has 1 aliphatic rings. The molecule has 0 atom stereocenters. The molecule has 1 aliphatic heterocycles. The van der Waals surface area contributed by atoms with Crippen molar-refractivity contribution in [2.45, 2.75) is 6.54 Å². The SMILES string of the molecule is Fc1cnc(N2CC(Cn3ccnc3)C2)nc1. The third kappa shape index (κ3) is 2.11. The van der Waals surface area contributed by atoms with Gasteiger partial charge < -0.3 is 9.47 Å². The highest BCUT2D eigenvalue weighted by Crippen LogP contribution is 2.21. The molecule has 6 heteroatoms. The molecule has 0 bridgehead atoms. The number of hydrogen-bond acceptors (Lipinski definition) is 4. The first-order valence-electron chi connectivity index (χ1n) is 5.49. The van der Waals surface area contributed by atoms with Crippen LogP contribution in [0.4, 0.5) is 10.3 Å². The van der Waals surface area contributed by atoms with E-state index in [4.69, 9.17) is 0 Å². The van der Waals surface area contributed by atoms with Gasteiger partial charge in [0.15, 0.2) is 5.82 Å². The first-order valence-corrected chi connectivity index (χ1v) is 5.49. The molecule has 0 radical (unpaired) electrons. The van der Waals surface area contributed by atoms with Crippen molar-refractivity contribution in [3.05, 3.63) is 36.9 Å². The summed E-state index contributed by atoms with van der Waals surface area (Å²) in [5.41, 5.74) is 0. The van der Waals surface area contributed by atoms with Crippen LogP contribution in [0.25, 0.3) is 0 Å². The maximum absolute atomic E-state index is 12.6. The Morgan fingerprint density at radius 2 is 2.06 bits per heavy atom. The lowest BCUT2D eigenvalue weighted by Gasteiger charge is -2.39. The van der Waals surface area contributed by atoms with Gasteiger partial charge in [0.2, 0.25) is 5.95 Å². The summed E-state index contributed by atoms with van der Waals surface area (Å²) in [6.45, 7) is 2.77. The maximum Gasteiger partial charge on any atom is 0.225 e. The van der Waals surface area contributed by atoms with Gasteiger partial charge in [-0.15, -0.1) is 0 Å². The van der Waals surface area contributed by atoms with Crippen LogP contribution in [-0.4, -0.2) is 32.6 Å². The molecule has 2 aromatic heterocycles. The van der Waals surface area contributed by atoms with E-state index in [0.717, 1.165) is 19.6 Å². The number of nitrogens with zero attached hydrogens (tertiary/aromatic N) is 5. The molecular formula is C11H12FN5. The predicted molar refractivity (Wildman–Crippen MR) is 59.9 cm³/mol. The van der Waals surface area contributed by atoms with Gasteiger partial charge in [0.1, 0.15) is 0 Å². The van der Waals surface area contributed by atoms with Crippen LogP contribution >= 0.6 is 0 Å². The monoisotopic (exact) mass is 233 g/mol. The lowest BCUT2D eigenvalue weighted by Crippen LogP contribution is -2.49. The van der Waals surface area contributed by atoms with Gasteiger partial charge in [-0.3, -0.25) is 0 Å². The Bertz CT molecular complexity index is 475. The molecule has 3 rings (SSSR count). The number of imidazole rings is 1. The minimum atomic E-state index is -0.399. The Kier molecular flexibility index (Phi) is 2.47. The summed E-state index contributed by atoms with van der Waals surface area (Å²) in [5.74, 6) is 0.787. The molecule has 2 aromatic rings. The highest BCUT2D eigenvalue weighted by atomic mass is 19.1. The van der Waals surface area contributed by atoms with Gasteiger partial charge in [-0.2, -0.15) is 0 Å². The first kappa shape index (κ1) is 10.2. The van der Waals surface area contributed by atoms with Crippen LogP contribution in [0.5, 0.6) is 0 Å². The zero-order chi connectivity index (χ0) is 11.7. The van der Waals surface area contributed by atoms with Crippen LogP contribution in [0, 0.1) is 11.7 Å². The van der Waals surface area contributed by atoms with Gasteiger partial charge in [0.25, 0.3) is 0 Å². The average molecular weight is 233 g/mol. The zero-order valence-electron chi connectivity index (χ0n) is 9.20. The van der Waals surface area contributed by atoms with Gasteiger partial charge in [-0.05, 0) is 0 Å². The molecule has 0 aliphatic carbocycles. The third-order valence-electron chi connectivity index (χ3n) is 2.87. The fourth-order valence-electron chi connectivity index (χ4n) is 2.01. The number of halogens is 1. The van der Waals surface area contributed by atoms with E-state index >= 15 is 0 Å². The molecule has 1 fully saturated rings. The van der Waals surface area contributed by atoms with Crippen molar-refractivity contribution in [2.24, 2.45) is 5.92 Å². The second-order valence-electron chi connectivity index (χ2n) is 4.23. The van der Waals surface area contributed by atoms with E-state index in [9.17, 15) is 4.39 Å². The van der Waals surface area contributed by atoms with Crippen LogP contribution in [0.2, 0.25) is 0 Å². The quantitative estimate of drug-likeness (QED) is 0.791. The van der Waals surface area contributed by atoms with Gasteiger partial charge in [-0.25, -0.2) is 19.3 Å². The van der Waals surface area contributed by atoms with Crippen molar-refractivity contribution >= 4 is 5.95 Å². The van der Waals surface area contributed by atoms with Crippen molar-refractivity contribution in [2.75, 3.05) is 18.0 Å². The van der Waals surface area contributed by atoms with Crippen molar-refractivity contribution in [1.29, 1.82) is 0 Å². The van der Waals surface area contributed by atoms with E-state index in [0.29, 0.717) is 11.9 Å². The summed E-state index contributed by atoms with van der Waals surface area (Å²) >= 11 is 0. The van der Waals surface area contributed by atoms with Crippen LogP contribution in [0.3, 0.4) is 0 Å². The maximum atomic E-state index is 12.6. The van der Waals surface area contributed by atoms with Crippen LogP contribution in [0.15, 0.2) is 31.1 Å². The van der Waals surface area contributed by atoms with Crippen molar-refractivity contribution in [3.8, 4) is 0 Å². The van der Waals surface area contributed by atoms with Crippen LogP contribution in [-0.2, 0) is 6.54 Å². The summed E-state index contributed by atoms with van der Waals surface area (Å²) in [6.07, 6.45) is 7.95. The fraction of sp³-hybridized carbons (Fsp3) is 0.364. The predicted octanol–water partition coefficient (Wildman–Crippen LogP) is 0.949. The van der Waals surface area contributed by atoms with Crippen molar-refractivity contribution < 1.29 is 4.39 Å². The molecule has 17 heavy (non-hydrogen) atoms. The van der Waals surface area contributed by atoms with Crippen LogP contribution < -0.4 is 4.90 Å². The Labute approximate surface area is 97.9 Å². The first-order chi connectivity index (χ1) is 8.31. The second-order valence-corrected chi connectivity index (χ2v) is 4.23. The Morgan fingerprint density at radius 1 is 1.29 bits per heavy atom. The Morgan fingerprint density at radius 3 is 2.71 bits per heavy atom. The second kappa shape index (κ2) is 4.12. The van der Waals surface area contributed by atoms with Gasteiger partial charge >= 0.3 is 0 Å². The number of rotatable bonds is 3. The molecule has 0 N–H and O–H groups in total. The normalized spacial score (nSPS) is 15.9. The minimum absolute atomic E-state index is 0.399. The lowest BCUT2D eigenvalue weighted by molar-refractivity contribution is 0.352. The molecule has 1 saturated heterocycles. The summed E-state index contributed by atoms with van der Waals surface area (Å²) in [5, 5.41) is 0. The fourth-order valence-corrected chi connectivity index (χ4v) is 2.01. The Hall–Kier alpha value is -1.98. The standard InChI is InChI=1S/C11H12FN5/c12-10-3-14-11(15-4-10)17-6-9(7-17)5-16-2-1-13-8-16/h1-4,8-9H,5-7H2. The molecule has 0 saturated carbocycles. The van der Waals surface area contributed by atoms with Gasteiger partial charge in [0.05, 0.1) is 18.7 Å². The molecule has 5 nitrogen and oxygen atoms in total. The van der Waals surface area contributed by atoms with E-state index in [2.05, 4.69) is 19.5 Å². The molecule has 3 heterocycles. The van der Waals surface area contributed by atoms with E-state index < -0.39 is 5.82 Å². The molecule has 0 aromatic carbocycles.